The lowest BCUT2D eigenvalue weighted by atomic mass is 10.00. The Morgan fingerprint density at radius 2 is 1.15 bits per heavy atom. The summed E-state index contributed by atoms with van der Waals surface area (Å²) >= 11 is 5.94. The van der Waals surface area contributed by atoms with Gasteiger partial charge in [-0.15, -0.1) is 0 Å². The first kappa shape index (κ1) is 32.7. The number of aromatic nitrogens is 3. The number of anilines is 1. The van der Waals surface area contributed by atoms with E-state index in [2.05, 4.69) is 109 Å². The second-order valence-corrected chi connectivity index (χ2v) is 12.3. The van der Waals surface area contributed by atoms with Gasteiger partial charge in [0.2, 0.25) is 0 Å². The molecule has 47 heavy (non-hydrogen) atoms. The summed E-state index contributed by atoms with van der Waals surface area (Å²) in [5, 5.41) is 11.1. The van der Waals surface area contributed by atoms with Crippen molar-refractivity contribution in [3.05, 3.63) is 139 Å². The molecule has 0 radical (unpaired) electrons. The van der Waals surface area contributed by atoms with Crippen molar-refractivity contribution in [2.24, 2.45) is 0 Å². The molecule has 5 nitrogen and oxygen atoms in total. The molecule has 6 rings (SSSR count). The molecule has 0 atom stereocenters. The minimum Gasteiger partial charge on any atom is -0.382 e. The van der Waals surface area contributed by atoms with Crippen LogP contribution in [0.5, 0.6) is 0 Å². The number of aryl methyl sites for hydroxylation is 7. The number of halogens is 1. The van der Waals surface area contributed by atoms with Gasteiger partial charge < -0.3 is 5.73 Å². The Bertz CT molecular complexity index is 2330. The van der Waals surface area contributed by atoms with Crippen LogP contribution in [0.1, 0.15) is 66.9 Å². The van der Waals surface area contributed by atoms with Crippen LogP contribution in [0.25, 0.3) is 21.8 Å². The number of fused-ring (bicyclic) bond motifs is 3. The third kappa shape index (κ3) is 7.43. The van der Waals surface area contributed by atoms with Crippen LogP contribution in [-0.4, -0.2) is 15.0 Å². The van der Waals surface area contributed by atoms with Gasteiger partial charge in [0.05, 0.1) is 10.5 Å². The van der Waals surface area contributed by atoms with E-state index in [-0.39, 0.29) is 5.69 Å². The molecule has 0 saturated heterocycles. The predicted molar refractivity (Wildman–Crippen MR) is 193 cm³/mol. The maximum Gasteiger partial charge on any atom is 0.159 e. The Kier molecular flexibility index (Phi) is 9.58. The number of hydrogen-bond acceptors (Lipinski definition) is 5. The monoisotopic (exact) mass is 631 g/mol. The van der Waals surface area contributed by atoms with E-state index < -0.39 is 0 Å². The predicted octanol–water partition coefficient (Wildman–Crippen LogP) is 8.93. The van der Waals surface area contributed by atoms with Gasteiger partial charge in [-0.3, -0.25) is 4.98 Å². The van der Waals surface area contributed by atoms with Gasteiger partial charge in [-0.2, -0.15) is 5.26 Å². The fourth-order valence-electron chi connectivity index (χ4n) is 5.70. The molecule has 0 bridgehead atoms. The number of rotatable bonds is 0. The Balaban J connectivity index is 0.000000194. The van der Waals surface area contributed by atoms with E-state index in [1.165, 1.54) is 22.3 Å². The summed E-state index contributed by atoms with van der Waals surface area (Å²) in [5.41, 5.74) is 20.0. The van der Waals surface area contributed by atoms with Crippen LogP contribution in [0, 0.1) is 83.5 Å². The van der Waals surface area contributed by atoms with E-state index in [1.807, 2.05) is 32.9 Å². The molecule has 3 heterocycles. The highest BCUT2D eigenvalue weighted by Gasteiger charge is 2.09. The van der Waals surface area contributed by atoms with Gasteiger partial charge in [0.25, 0.3) is 0 Å². The van der Waals surface area contributed by atoms with Crippen LogP contribution >= 0.6 is 11.6 Å². The Hall–Kier alpha value is -5.67. The lowest BCUT2D eigenvalue weighted by Gasteiger charge is -2.07. The fourth-order valence-corrected chi connectivity index (χ4v) is 5.91. The quantitative estimate of drug-likeness (QED) is 0.134. The zero-order valence-corrected chi connectivity index (χ0v) is 28.4. The van der Waals surface area contributed by atoms with E-state index in [9.17, 15) is 0 Å². The number of nitrogen functional groups attached to an aromatic ring is 1. The van der Waals surface area contributed by atoms with Crippen molar-refractivity contribution in [2.45, 2.75) is 48.5 Å². The summed E-state index contributed by atoms with van der Waals surface area (Å²) in [4.78, 5) is 13.0. The van der Waals surface area contributed by atoms with Crippen LogP contribution in [0.4, 0.5) is 5.82 Å². The Morgan fingerprint density at radius 1 is 0.617 bits per heavy atom. The second-order valence-electron chi connectivity index (χ2n) is 11.9. The fraction of sp³-hybridized carbons (Fsp3) is 0.171. The smallest absolute Gasteiger partial charge is 0.159 e. The number of nitriles is 1. The van der Waals surface area contributed by atoms with Gasteiger partial charge in [0.1, 0.15) is 11.6 Å². The second kappa shape index (κ2) is 13.8. The third-order valence-corrected chi connectivity index (χ3v) is 8.07. The van der Waals surface area contributed by atoms with Crippen molar-refractivity contribution in [1.82, 2.24) is 15.0 Å². The van der Waals surface area contributed by atoms with Gasteiger partial charge in [0.15, 0.2) is 11.5 Å². The molecule has 0 saturated carbocycles. The molecule has 0 fully saturated rings. The Morgan fingerprint density at radius 3 is 1.68 bits per heavy atom. The third-order valence-electron chi connectivity index (χ3n) is 7.78. The van der Waals surface area contributed by atoms with Crippen LogP contribution < -0.4 is 5.73 Å². The molecular formula is C41H34ClN5. The van der Waals surface area contributed by atoms with Crippen molar-refractivity contribution in [1.29, 1.82) is 5.26 Å². The van der Waals surface area contributed by atoms with Crippen LogP contribution in [-0.2, 0) is 0 Å². The van der Waals surface area contributed by atoms with E-state index >= 15 is 0 Å². The topological polar surface area (TPSA) is 88.5 Å². The number of pyridine rings is 3. The van der Waals surface area contributed by atoms with Crippen molar-refractivity contribution < 1.29 is 0 Å². The van der Waals surface area contributed by atoms with Crippen LogP contribution in [0.3, 0.4) is 0 Å². The molecule has 230 valence electrons. The molecule has 0 aliphatic heterocycles. The minimum atomic E-state index is 0.222. The number of hydrogen-bond donors (Lipinski definition) is 1. The molecule has 6 aromatic rings. The summed E-state index contributed by atoms with van der Waals surface area (Å²) in [7, 11) is 0. The van der Waals surface area contributed by atoms with Gasteiger partial charge in [-0.05, 0) is 94.5 Å². The summed E-state index contributed by atoms with van der Waals surface area (Å²) in [6, 6.07) is 20.4. The normalized spacial score (nSPS) is 10.3. The maximum absolute atomic E-state index is 8.78. The molecule has 0 unspecified atom stereocenters. The molecule has 0 amide bonds. The van der Waals surface area contributed by atoms with Gasteiger partial charge in [-0.25, -0.2) is 9.97 Å². The standard InChI is InChI=1S/C24H21N3.C17H13ClN2/c1-14-5-7-20-21-12-18(13-26-23(21)24(25)27-22(20)11-14)6-8-19-16(3)9-15(2)10-17(19)4;1-11-6-12(2)15(13(3)7-11)5-4-14-8-16(18)17(9-19)20-10-14/h5,7,9-13H,1-4H3,(H2,25,27);6-8,10H,1-3H3. The summed E-state index contributed by atoms with van der Waals surface area (Å²) in [6.45, 7) is 14.5. The van der Waals surface area contributed by atoms with E-state index in [0.717, 1.165) is 55.2 Å². The molecular weight excluding hydrogens is 598 g/mol. The minimum absolute atomic E-state index is 0.222. The van der Waals surface area contributed by atoms with Gasteiger partial charge in [0, 0.05) is 45.4 Å². The number of benzene rings is 3. The highest BCUT2D eigenvalue weighted by molar-refractivity contribution is 6.31. The molecule has 0 aliphatic rings. The molecule has 0 aliphatic carbocycles. The summed E-state index contributed by atoms with van der Waals surface area (Å²) in [5.74, 6) is 13.3. The molecule has 0 spiro atoms. The zero-order valence-electron chi connectivity index (χ0n) is 27.6. The highest BCUT2D eigenvalue weighted by Crippen LogP contribution is 2.28. The maximum atomic E-state index is 8.78. The van der Waals surface area contributed by atoms with Gasteiger partial charge >= 0.3 is 0 Å². The van der Waals surface area contributed by atoms with Crippen LogP contribution in [0.15, 0.2) is 67.0 Å². The molecule has 6 heteroatoms. The lowest BCUT2D eigenvalue weighted by Crippen LogP contribution is -1.96. The molecule has 2 N–H and O–H groups in total. The first-order chi connectivity index (χ1) is 22.4. The number of nitrogens with zero attached hydrogens (tertiary/aromatic N) is 4. The van der Waals surface area contributed by atoms with Crippen LogP contribution in [0.2, 0.25) is 5.02 Å². The summed E-state index contributed by atoms with van der Waals surface area (Å²) in [6.07, 6.45) is 3.34. The lowest BCUT2D eigenvalue weighted by molar-refractivity contribution is 1.25. The van der Waals surface area contributed by atoms with Crippen molar-refractivity contribution in [3.8, 4) is 29.8 Å². The average molecular weight is 632 g/mol. The van der Waals surface area contributed by atoms with E-state index in [0.29, 0.717) is 16.4 Å². The van der Waals surface area contributed by atoms with E-state index in [4.69, 9.17) is 22.6 Å². The number of nitrogens with two attached hydrogens (primary N) is 1. The SMILES string of the molecule is Cc1cc(C)c(C#Cc2cnc(C#N)c(Cl)c2)c(C)c1.Cc1cc(C)c(C#Cc2cnc3c(N)nc4cc(C)ccc4c3c2)c(C)c1. The first-order valence-corrected chi connectivity index (χ1v) is 15.5. The average Bonchev–Trinajstić information content (AvgIpc) is 3.00. The first-order valence-electron chi connectivity index (χ1n) is 15.1. The molecule has 3 aromatic heterocycles. The molecule has 3 aromatic carbocycles. The van der Waals surface area contributed by atoms with Crippen molar-refractivity contribution in [3.63, 3.8) is 0 Å². The van der Waals surface area contributed by atoms with Crippen molar-refractivity contribution in [2.75, 3.05) is 5.73 Å². The van der Waals surface area contributed by atoms with E-state index in [1.54, 1.807) is 18.5 Å². The van der Waals surface area contributed by atoms with Gasteiger partial charge in [-0.1, -0.05) is 82.8 Å². The highest BCUT2D eigenvalue weighted by atomic mass is 35.5. The zero-order chi connectivity index (χ0) is 33.8. The summed E-state index contributed by atoms with van der Waals surface area (Å²) < 4.78 is 0. The largest absolute Gasteiger partial charge is 0.382 e. The Labute approximate surface area is 281 Å². The van der Waals surface area contributed by atoms with Crippen molar-refractivity contribution >= 4 is 39.2 Å².